The number of hydrogen-bond donors (Lipinski definition) is 2. The number of alkyl halides is 3. The molecule has 178 valence electrons. The van der Waals surface area contributed by atoms with Gasteiger partial charge in [0.15, 0.2) is 9.84 Å². The molecule has 14 heteroatoms. The number of benzene rings is 2. The maximum atomic E-state index is 14.3. The van der Waals surface area contributed by atoms with Crippen molar-refractivity contribution in [3.05, 3.63) is 59.4 Å². The summed E-state index contributed by atoms with van der Waals surface area (Å²) in [6.07, 6.45) is -4.92. The number of aliphatic hydroxyl groups excluding tert-OH is 1. The lowest BCUT2D eigenvalue weighted by Gasteiger charge is -2.26. The van der Waals surface area contributed by atoms with Crippen LogP contribution in [0.15, 0.2) is 52.3 Å². The molecule has 2 aromatic carbocycles. The van der Waals surface area contributed by atoms with E-state index in [9.17, 15) is 44.6 Å². The largest absolute Gasteiger partial charge is 0.416 e. The van der Waals surface area contributed by atoms with Crippen LogP contribution in [0.5, 0.6) is 0 Å². The van der Waals surface area contributed by atoms with Crippen molar-refractivity contribution in [2.75, 3.05) is 19.7 Å². The van der Waals surface area contributed by atoms with Crippen molar-refractivity contribution in [1.82, 2.24) is 4.31 Å². The minimum Gasteiger partial charge on any atom is -0.393 e. The molecule has 0 bridgehead atoms. The Morgan fingerprint density at radius 3 is 2.21 bits per heavy atom. The SMILES string of the molecule is N#Cc1ccc(S(=O)(=O)C2CN(S(=O)(=O)c3ccc(C(F)(F)F)cc3F)C[C@@]2(O)CO)cc1. The summed E-state index contributed by atoms with van der Waals surface area (Å²) >= 11 is 0. The third-order valence-electron chi connectivity index (χ3n) is 5.26. The number of nitriles is 1. The van der Waals surface area contributed by atoms with E-state index in [0.717, 1.165) is 12.1 Å². The summed E-state index contributed by atoms with van der Waals surface area (Å²) in [5, 5.41) is 27.3. The van der Waals surface area contributed by atoms with E-state index in [1.807, 2.05) is 0 Å². The number of aliphatic hydroxyl groups is 2. The molecule has 0 radical (unpaired) electrons. The second kappa shape index (κ2) is 8.33. The predicted octanol–water partition coefficient (Wildman–Crippen LogP) is 1.29. The molecule has 2 aromatic rings. The van der Waals surface area contributed by atoms with Gasteiger partial charge in [-0.25, -0.2) is 21.2 Å². The third kappa shape index (κ3) is 4.46. The Balaban J connectivity index is 2.01. The van der Waals surface area contributed by atoms with Crippen molar-refractivity contribution in [2.24, 2.45) is 0 Å². The first-order chi connectivity index (χ1) is 15.2. The van der Waals surface area contributed by atoms with Crippen LogP contribution in [0.2, 0.25) is 0 Å². The number of sulfone groups is 1. The quantitative estimate of drug-likeness (QED) is 0.581. The van der Waals surface area contributed by atoms with Gasteiger partial charge in [-0.1, -0.05) is 0 Å². The van der Waals surface area contributed by atoms with Crippen molar-refractivity contribution in [1.29, 1.82) is 5.26 Å². The Labute approximate surface area is 186 Å². The van der Waals surface area contributed by atoms with Crippen molar-refractivity contribution < 1.29 is 44.6 Å². The first-order valence-corrected chi connectivity index (χ1v) is 12.1. The minimum atomic E-state index is -4.92. The van der Waals surface area contributed by atoms with Crippen LogP contribution in [0.3, 0.4) is 0 Å². The lowest BCUT2D eigenvalue weighted by molar-refractivity contribution is -0.137. The fourth-order valence-electron chi connectivity index (χ4n) is 3.46. The normalized spacial score (nSPS) is 22.3. The van der Waals surface area contributed by atoms with Crippen LogP contribution in [-0.4, -0.2) is 61.9 Å². The van der Waals surface area contributed by atoms with Gasteiger partial charge in [-0.05, 0) is 42.5 Å². The molecule has 1 aliphatic rings. The maximum absolute atomic E-state index is 14.3. The summed E-state index contributed by atoms with van der Waals surface area (Å²) in [6.45, 7) is -3.02. The standard InChI is InChI=1S/C19H16F4N2O6S2/c20-15-7-13(19(21,22)23)3-6-16(15)33(30,31)25-9-17(18(27,10-25)11-26)32(28,29)14-4-1-12(8-24)2-5-14/h1-7,17,26-27H,9-11H2/t17?,18-/m1/s1. The summed E-state index contributed by atoms with van der Waals surface area (Å²) in [5.74, 6) is -1.71. The van der Waals surface area contributed by atoms with Gasteiger partial charge < -0.3 is 10.2 Å². The highest BCUT2D eigenvalue weighted by atomic mass is 32.2. The van der Waals surface area contributed by atoms with Crippen LogP contribution in [0.25, 0.3) is 0 Å². The molecule has 1 fully saturated rings. The van der Waals surface area contributed by atoms with Crippen LogP contribution in [0.1, 0.15) is 11.1 Å². The van der Waals surface area contributed by atoms with E-state index in [4.69, 9.17) is 5.26 Å². The molecule has 2 atom stereocenters. The first kappa shape index (κ1) is 25.1. The van der Waals surface area contributed by atoms with E-state index < -0.39 is 72.9 Å². The summed E-state index contributed by atoms with van der Waals surface area (Å²) in [6, 6.07) is 7.04. The van der Waals surface area contributed by atoms with Crippen LogP contribution in [0, 0.1) is 17.1 Å². The van der Waals surface area contributed by atoms with Gasteiger partial charge >= 0.3 is 6.18 Å². The van der Waals surface area contributed by atoms with Crippen LogP contribution >= 0.6 is 0 Å². The number of hydrogen-bond acceptors (Lipinski definition) is 7. The first-order valence-electron chi connectivity index (χ1n) is 9.11. The van der Waals surface area contributed by atoms with Crippen LogP contribution < -0.4 is 0 Å². The van der Waals surface area contributed by atoms with E-state index in [1.54, 1.807) is 6.07 Å². The molecule has 2 N–H and O–H groups in total. The van der Waals surface area contributed by atoms with Gasteiger partial charge in [-0.3, -0.25) is 0 Å². The number of sulfonamides is 1. The average molecular weight is 508 g/mol. The molecule has 0 amide bonds. The van der Waals surface area contributed by atoms with E-state index in [0.29, 0.717) is 16.4 Å². The number of β-amino-alcohol motifs (C(OH)–C–C–N with tert-alkyl or cyclic N) is 1. The summed E-state index contributed by atoms with van der Waals surface area (Å²) < 4.78 is 105. The molecule has 0 aromatic heterocycles. The molecular formula is C19H16F4N2O6S2. The smallest absolute Gasteiger partial charge is 0.393 e. The highest BCUT2D eigenvalue weighted by molar-refractivity contribution is 7.92. The maximum Gasteiger partial charge on any atom is 0.416 e. The number of nitrogens with zero attached hydrogens (tertiary/aromatic N) is 2. The zero-order chi connectivity index (χ0) is 24.8. The van der Waals surface area contributed by atoms with Crippen molar-refractivity contribution >= 4 is 19.9 Å². The van der Waals surface area contributed by atoms with E-state index in [1.165, 1.54) is 12.1 Å². The molecule has 1 saturated heterocycles. The molecule has 0 spiro atoms. The highest BCUT2D eigenvalue weighted by Gasteiger charge is 2.55. The Hall–Kier alpha value is -2.57. The Morgan fingerprint density at radius 1 is 1.12 bits per heavy atom. The summed E-state index contributed by atoms with van der Waals surface area (Å²) in [4.78, 5) is -1.51. The van der Waals surface area contributed by atoms with Gasteiger partial charge in [0.2, 0.25) is 10.0 Å². The van der Waals surface area contributed by atoms with Gasteiger partial charge in [0.05, 0.1) is 28.7 Å². The molecule has 8 nitrogen and oxygen atoms in total. The molecule has 0 aliphatic carbocycles. The van der Waals surface area contributed by atoms with Gasteiger partial charge in [0.1, 0.15) is 21.6 Å². The number of rotatable bonds is 5. The monoisotopic (exact) mass is 508 g/mol. The van der Waals surface area contributed by atoms with Crippen molar-refractivity contribution in [3.63, 3.8) is 0 Å². The molecule has 1 unspecified atom stereocenters. The fraction of sp³-hybridized carbons (Fsp3) is 0.316. The molecule has 1 heterocycles. The average Bonchev–Trinajstić information content (AvgIpc) is 3.12. The molecule has 3 rings (SSSR count). The van der Waals surface area contributed by atoms with Gasteiger partial charge in [0.25, 0.3) is 0 Å². The molecule has 33 heavy (non-hydrogen) atoms. The third-order valence-corrected chi connectivity index (χ3v) is 9.37. The topological polar surface area (TPSA) is 136 Å². The highest BCUT2D eigenvalue weighted by Crippen LogP contribution is 2.36. The zero-order valence-electron chi connectivity index (χ0n) is 16.5. The molecule has 0 saturated carbocycles. The fourth-order valence-corrected chi connectivity index (χ4v) is 7.06. The Morgan fingerprint density at radius 2 is 1.73 bits per heavy atom. The van der Waals surface area contributed by atoms with E-state index in [2.05, 4.69) is 0 Å². The summed E-state index contributed by atoms with van der Waals surface area (Å²) in [7, 11) is -9.35. The Bertz CT molecular complexity index is 1320. The van der Waals surface area contributed by atoms with Gasteiger partial charge in [0, 0.05) is 13.1 Å². The second-order valence-corrected chi connectivity index (χ2v) is 11.4. The van der Waals surface area contributed by atoms with Crippen LogP contribution in [-0.2, 0) is 26.0 Å². The lowest BCUT2D eigenvalue weighted by Crippen LogP contribution is -2.49. The van der Waals surface area contributed by atoms with Crippen molar-refractivity contribution in [2.45, 2.75) is 26.8 Å². The molecule has 1 aliphatic heterocycles. The van der Waals surface area contributed by atoms with Gasteiger partial charge in [-0.2, -0.15) is 22.7 Å². The van der Waals surface area contributed by atoms with Crippen LogP contribution in [0.4, 0.5) is 17.6 Å². The summed E-state index contributed by atoms with van der Waals surface area (Å²) in [5.41, 5.74) is -3.77. The second-order valence-electron chi connectivity index (χ2n) is 7.37. The molecular weight excluding hydrogens is 492 g/mol. The zero-order valence-corrected chi connectivity index (χ0v) is 18.1. The Kier molecular flexibility index (Phi) is 6.33. The predicted molar refractivity (Wildman–Crippen MR) is 104 cm³/mol. The lowest BCUT2D eigenvalue weighted by atomic mass is 10.1. The number of halogens is 4. The minimum absolute atomic E-state index is 0.00777. The van der Waals surface area contributed by atoms with Gasteiger partial charge in [-0.15, -0.1) is 0 Å². The van der Waals surface area contributed by atoms with Crippen molar-refractivity contribution in [3.8, 4) is 6.07 Å². The van der Waals surface area contributed by atoms with E-state index in [-0.39, 0.29) is 16.5 Å². The van der Waals surface area contributed by atoms with E-state index >= 15 is 0 Å².